The van der Waals surface area contributed by atoms with E-state index < -0.39 is 5.41 Å². The minimum atomic E-state index is -0.621. The predicted octanol–water partition coefficient (Wildman–Crippen LogP) is 2.82. The molecule has 1 heterocycles. The molecule has 1 aromatic carbocycles. The molecule has 4 nitrogen and oxygen atoms in total. The second-order valence-electron chi connectivity index (χ2n) is 5.73. The van der Waals surface area contributed by atoms with Gasteiger partial charge in [0.1, 0.15) is 0 Å². The van der Waals surface area contributed by atoms with Crippen LogP contribution in [0.3, 0.4) is 0 Å². The molecule has 0 saturated carbocycles. The van der Waals surface area contributed by atoms with Crippen molar-refractivity contribution < 1.29 is 4.79 Å². The molecule has 0 aliphatic rings. The van der Waals surface area contributed by atoms with Gasteiger partial charge in [0.15, 0.2) is 0 Å². The summed E-state index contributed by atoms with van der Waals surface area (Å²) in [7, 11) is 0. The van der Waals surface area contributed by atoms with Crippen LogP contribution in [0.4, 0.5) is 5.69 Å². The van der Waals surface area contributed by atoms with Crippen LogP contribution in [0.1, 0.15) is 37.9 Å². The van der Waals surface area contributed by atoms with Crippen LogP contribution >= 0.6 is 0 Å². The molecule has 1 aromatic heterocycles. The average molecular weight is 283 g/mol. The van der Waals surface area contributed by atoms with Crippen LogP contribution in [0, 0.1) is 0 Å². The Hall–Kier alpha value is -2.36. The molecule has 21 heavy (non-hydrogen) atoms. The van der Waals surface area contributed by atoms with Crippen molar-refractivity contribution in [2.45, 2.75) is 32.2 Å². The topological polar surface area (TPSA) is 68.0 Å². The van der Waals surface area contributed by atoms with Crippen molar-refractivity contribution in [2.75, 3.05) is 5.73 Å². The van der Waals surface area contributed by atoms with Crippen LogP contribution in [0.25, 0.3) is 0 Å². The normalized spacial score (nSPS) is 12.7. The number of carbonyl (C=O) groups excluding carboxylic acids is 1. The number of hydrogen-bond donors (Lipinski definition) is 2. The summed E-state index contributed by atoms with van der Waals surface area (Å²) < 4.78 is 0. The maximum Gasteiger partial charge on any atom is 0.230 e. The number of hydrogen-bond acceptors (Lipinski definition) is 3. The third kappa shape index (κ3) is 3.40. The lowest BCUT2D eigenvalue weighted by Crippen LogP contribution is -2.41. The van der Waals surface area contributed by atoms with Gasteiger partial charge >= 0.3 is 0 Å². The molecule has 0 fully saturated rings. The summed E-state index contributed by atoms with van der Waals surface area (Å²) in [6.45, 7) is 5.77. The van der Waals surface area contributed by atoms with Crippen LogP contribution in [0.5, 0.6) is 0 Å². The largest absolute Gasteiger partial charge is 0.399 e. The van der Waals surface area contributed by atoms with Crippen LogP contribution < -0.4 is 11.1 Å². The van der Waals surface area contributed by atoms with E-state index in [0.717, 1.165) is 11.1 Å². The number of rotatable bonds is 4. The van der Waals surface area contributed by atoms with E-state index in [4.69, 9.17) is 5.73 Å². The molecule has 0 radical (unpaired) electrons. The van der Waals surface area contributed by atoms with E-state index in [-0.39, 0.29) is 11.9 Å². The molecule has 0 saturated heterocycles. The van der Waals surface area contributed by atoms with Crippen LogP contribution in [0.2, 0.25) is 0 Å². The molecule has 0 bridgehead atoms. The van der Waals surface area contributed by atoms with E-state index in [1.165, 1.54) is 0 Å². The number of nitrogens with zero attached hydrogens (tertiary/aromatic N) is 1. The molecule has 110 valence electrons. The van der Waals surface area contributed by atoms with Gasteiger partial charge in [0, 0.05) is 18.1 Å². The third-order valence-electron chi connectivity index (χ3n) is 3.73. The van der Waals surface area contributed by atoms with Gasteiger partial charge in [0.05, 0.1) is 11.5 Å². The quantitative estimate of drug-likeness (QED) is 0.848. The fourth-order valence-electron chi connectivity index (χ4n) is 2.12. The van der Waals surface area contributed by atoms with Gasteiger partial charge in [-0.05, 0) is 50.1 Å². The zero-order valence-electron chi connectivity index (χ0n) is 12.6. The van der Waals surface area contributed by atoms with Crippen LogP contribution in [-0.2, 0) is 10.2 Å². The lowest BCUT2D eigenvalue weighted by atomic mass is 9.83. The van der Waals surface area contributed by atoms with E-state index in [1.54, 1.807) is 12.4 Å². The smallest absolute Gasteiger partial charge is 0.230 e. The van der Waals surface area contributed by atoms with Crippen molar-refractivity contribution in [3.05, 3.63) is 59.9 Å². The lowest BCUT2D eigenvalue weighted by molar-refractivity contribution is -0.126. The van der Waals surface area contributed by atoms with E-state index >= 15 is 0 Å². The summed E-state index contributed by atoms with van der Waals surface area (Å²) in [4.78, 5) is 16.6. The van der Waals surface area contributed by atoms with Gasteiger partial charge in [-0.25, -0.2) is 0 Å². The molecule has 1 amide bonds. The number of pyridine rings is 1. The Balaban J connectivity index is 2.13. The summed E-state index contributed by atoms with van der Waals surface area (Å²) >= 11 is 0. The molecule has 0 spiro atoms. The SMILES string of the molecule is C[C@H](NC(=O)C(C)(C)c1ccc(N)cc1)c1cccnc1. The summed E-state index contributed by atoms with van der Waals surface area (Å²) in [6.07, 6.45) is 3.48. The van der Waals surface area contributed by atoms with Crippen molar-refractivity contribution in [3.8, 4) is 0 Å². The third-order valence-corrected chi connectivity index (χ3v) is 3.73. The Kier molecular flexibility index (Phi) is 4.26. The number of nitrogens with one attached hydrogen (secondary N) is 1. The van der Waals surface area contributed by atoms with Crippen molar-refractivity contribution >= 4 is 11.6 Å². The van der Waals surface area contributed by atoms with E-state index in [2.05, 4.69) is 10.3 Å². The standard InChI is InChI=1S/C17H21N3O/c1-12(13-5-4-10-19-11-13)20-16(21)17(2,3)14-6-8-15(18)9-7-14/h4-12H,18H2,1-3H3,(H,20,21)/t12-/m0/s1. The van der Waals surface area contributed by atoms with Crippen molar-refractivity contribution in [1.82, 2.24) is 10.3 Å². The number of nitrogens with two attached hydrogens (primary N) is 1. The highest BCUT2D eigenvalue weighted by molar-refractivity contribution is 5.87. The summed E-state index contributed by atoms with van der Waals surface area (Å²) in [6, 6.07) is 11.1. The van der Waals surface area contributed by atoms with Gasteiger partial charge in [0.2, 0.25) is 5.91 Å². The fraction of sp³-hybridized carbons (Fsp3) is 0.294. The Morgan fingerprint density at radius 1 is 1.24 bits per heavy atom. The Morgan fingerprint density at radius 2 is 1.90 bits per heavy atom. The number of anilines is 1. The highest BCUT2D eigenvalue weighted by Gasteiger charge is 2.30. The lowest BCUT2D eigenvalue weighted by Gasteiger charge is -2.26. The number of benzene rings is 1. The first-order valence-corrected chi connectivity index (χ1v) is 6.98. The average Bonchev–Trinajstić information content (AvgIpc) is 2.48. The molecule has 0 aliphatic carbocycles. The Bertz CT molecular complexity index is 606. The number of aromatic nitrogens is 1. The maximum absolute atomic E-state index is 12.6. The zero-order valence-corrected chi connectivity index (χ0v) is 12.6. The summed E-state index contributed by atoms with van der Waals surface area (Å²) in [5.41, 5.74) is 7.69. The molecular weight excluding hydrogens is 262 g/mol. The highest BCUT2D eigenvalue weighted by atomic mass is 16.2. The molecule has 4 heteroatoms. The fourth-order valence-corrected chi connectivity index (χ4v) is 2.12. The number of nitrogen functional groups attached to an aromatic ring is 1. The molecule has 0 unspecified atom stereocenters. The second kappa shape index (κ2) is 5.95. The van der Waals surface area contributed by atoms with Gasteiger partial charge in [-0.1, -0.05) is 18.2 Å². The van der Waals surface area contributed by atoms with E-state index in [0.29, 0.717) is 5.69 Å². The Labute approximate surface area is 125 Å². The minimum absolute atomic E-state index is 0.0244. The summed E-state index contributed by atoms with van der Waals surface area (Å²) in [5, 5.41) is 3.04. The van der Waals surface area contributed by atoms with Crippen molar-refractivity contribution in [3.63, 3.8) is 0 Å². The first-order valence-electron chi connectivity index (χ1n) is 6.98. The minimum Gasteiger partial charge on any atom is -0.399 e. The van der Waals surface area contributed by atoms with Crippen molar-refractivity contribution in [2.24, 2.45) is 0 Å². The van der Waals surface area contributed by atoms with Crippen LogP contribution in [0.15, 0.2) is 48.8 Å². The zero-order chi connectivity index (χ0) is 15.5. The second-order valence-corrected chi connectivity index (χ2v) is 5.73. The van der Waals surface area contributed by atoms with Crippen molar-refractivity contribution in [1.29, 1.82) is 0 Å². The molecular formula is C17H21N3O. The highest BCUT2D eigenvalue weighted by Crippen LogP contribution is 2.25. The number of carbonyl (C=O) groups is 1. The first kappa shape index (κ1) is 15.0. The predicted molar refractivity (Wildman–Crippen MR) is 84.7 cm³/mol. The molecule has 0 aliphatic heterocycles. The van der Waals surface area contributed by atoms with E-state index in [9.17, 15) is 4.79 Å². The molecule has 2 aromatic rings. The monoisotopic (exact) mass is 283 g/mol. The van der Waals surface area contributed by atoms with Gasteiger partial charge in [-0.2, -0.15) is 0 Å². The summed E-state index contributed by atoms with van der Waals surface area (Å²) in [5.74, 6) is -0.0244. The van der Waals surface area contributed by atoms with Gasteiger partial charge < -0.3 is 11.1 Å². The van der Waals surface area contributed by atoms with Gasteiger partial charge in [0.25, 0.3) is 0 Å². The molecule has 2 rings (SSSR count). The number of amides is 1. The molecule has 3 N–H and O–H groups in total. The Morgan fingerprint density at radius 3 is 2.48 bits per heavy atom. The first-order chi connectivity index (χ1) is 9.91. The van der Waals surface area contributed by atoms with E-state index in [1.807, 2.05) is 57.2 Å². The van der Waals surface area contributed by atoms with Crippen LogP contribution in [-0.4, -0.2) is 10.9 Å². The maximum atomic E-state index is 12.6. The van der Waals surface area contributed by atoms with Gasteiger partial charge in [-0.15, -0.1) is 0 Å². The molecule has 1 atom stereocenters. The van der Waals surface area contributed by atoms with Gasteiger partial charge in [-0.3, -0.25) is 9.78 Å².